The molecule has 0 bridgehead atoms. The second kappa shape index (κ2) is 5.32. The first-order valence-electron chi connectivity index (χ1n) is 5.65. The van der Waals surface area contributed by atoms with Crippen LogP contribution < -0.4 is 5.32 Å². The number of thiophene rings is 1. The van der Waals surface area contributed by atoms with Crippen LogP contribution in [0.1, 0.15) is 28.5 Å². The SMILES string of the molecule is CCNC(c1ccc([N+](=O)[O-])o1)c1ccc(C)s1. The third-order valence-electron chi connectivity index (χ3n) is 2.53. The van der Waals surface area contributed by atoms with E-state index < -0.39 is 4.92 Å². The summed E-state index contributed by atoms with van der Waals surface area (Å²) < 4.78 is 5.27. The fourth-order valence-corrected chi connectivity index (χ4v) is 2.71. The quantitative estimate of drug-likeness (QED) is 0.666. The highest BCUT2D eigenvalue weighted by Gasteiger charge is 2.21. The first-order chi connectivity index (χ1) is 8.61. The standard InChI is InChI=1S/C12H14N2O3S/c1-3-13-12(10-6-4-8(2)18-10)9-5-7-11(17-9)14(15)16/h4-7,12-13H,3H2,1-2H3. The van der Waals surface area contributed by atoms with Crippen LogP contribution in [-0.2, 0) is 0 Å². The van der Waals surface area contributed by atoms with Gasteiger partial charge in [-0.2, -0.15) is 0 Å². The van der Waals surface area contributed by atoms with E-state index in [0.29, 0.717) is 5.76 Å². The van der Waals surface area contributed by atoms with Crippen molar-refractivity contribution in [2.24, 2.45) is 0 Å². The summed E-state index contributed by atoms with van der Waals surface area (Å²) in [5.74, 6) is 0.353. The van der Waals surface area contributed by atoms with Crippen LogP contribution in [0.25, 0.3) is 0 Å². The fourth-order valence-electron chi connectivity index (χ4n) is 1.75. The van der Waals surface area contributed by atoms with Crippen molar-refractivity contribution in [3.8, 4) is 0 Å². The second-order valence-electron chi connectivity index (χ2n) is 3.87. The van der Waals surface area contributed by atoms with E-state index in [4.69, 9.17) is 4.42 Å². The Morgan fingerprint density at radius 3 is 2.72 bits per heavy atom. The van der Waals surface area contributed by atoms with Crippen molar-refractivity contribution in [1.29, 1.82) is 0 Å². The van der Waals surface area contributed by atoms with E-state index in [1.165, 1.54) is 10.9 Å². The van der Waals surface area contributed by atoms with Gasteiger partial charge in [-0.25, -0.2) is 0 Å². The van der Waals surface area contributed by atoms with Gasteiger partial charge in [0.15, 0.2) is 0 Å². The van der Waals surface area contributed by atoms with Crippen LogP contribution in [0, 0.1) is 17.0 Å². The number of aryl methyl sites for hydroxylation is 1. The molecule has 0 aromatic carbocycles. The Balaban J connectivity index is 2.31. The lowest BCUT2D eigenvalue weighted by molar-refractivity contribution is -0.402. The molecular formula is C12H14N2O3S. The van der Waals surface area contributed by atoms with Gasteiger partial charge in [-0.3, -0.25) is 10.1 Å². The molecule has 0 spiro atoms. The van der Waals surface area contributed by atoms with Crippen molar-refractivity contribution in [3.05, 3.63) is 49.9 Å². The Morgan fingerprint density at radius 1 is 1.44 bits per heavy atom. The second-order valence-corrected chi connectivity index (χ2v) is 5.19. The maximum atomic E-state index is 10.6. The van der Waals surface area contributed by atoms with Gasteiger partial charge in [0.1, 0.15) is 16.7 Å². The number of nitrogens with one attached hydrogen (secondary N) is 1. The molecule has 2 aromatic heterocycles. The van der Waals surface area contributed by atoms with Crippen molar-refractivity contribution in [2.45, 2.75) is 19.9 Å². The highest BCUT2D eigenvalue weighted by atomic mass is 32.1. The summed E-state index contributed by atoms with van der Waals surface area (Å²) >= 11 is 1.66. The van der Waals surface area contributed by atoms with Crippen LogP contribution in [-0.4, -0.2) is 11.5 Å². The molecule has 0 aliphatic heterocycles. The maximum Gasteiger partial charge on any atom is 0.433 e. The minimum absolute atomic E-state index is 0.123. The predicted octanol–water partition coefficient (Wildman–Crippen LogP) is 3.26. The van der Waals surface area contributed by atoms with Gasteiger partial charge in [0, 0.05) is 9.75 Å². The van der Waals surface area contributed by atoms with Crippen molar-refractivity contribution < 1.29 is 9.34 Å². The Hall–Kier alpha value is -1.66. The molecule has 2 heterocycles. The molecule has 0 aliphatic rings. The molecule has 1 atom stereocenters. The van der Waals surface area contributed by atoms with Crippen LogP contribution in [0.15, 0.2) is 28.7 Å². The fraction of sp³-hybridized carbons (Fsp3) is 0.333. The smallest absolute Gasteiger partial charge is 0.404 e. The highest BCUT2D eigenvalue weighted by Crippen LogP contribution is 2.30. The lowest BCUT2D eigenvalue weighted by Gasteiger charge is -2.13. The van der Waals surface area contributed by atoms with Gasteiger partial charge in [-0.15, -0.1) is 11.3 Å². The molecule has 0 radical (unpaired) electrons. The molecule has 0 saturated carbocycles. The van der Waals surface area contributed by atoms with Gasteiger partial charge in [-0.05, 0) is 31.7 Å². The first-order valence-corrected chi connectivity index (χ1v) is 6.47. The van der Waals surface area contributed by atoms with E-state index in [1.54, 1.807) is 17.4 Å². The third kappa shape index (κ3) is 2.60. The Labute approximate surface area is 109 Å². The lowest BCUT2D eigenvalue weighted by Crippen LogP contribution is -2.20. The molecule has 1 N–H and O–H groups in total. The normalized spacial score (nSPS) is 12.6. The van der Waals surface area contributed by atoms with Gasteiger partial charge in [0.25, 0.3) is 0 Å². The summed E-state index contributed by atoms with van der Waals surface area (Å²) in [5.41, 5.74) is 0. The lowest BCUT2D eigenvalue weighted by atomic mass is 10.2. The first kappa shape index (κ1) is 12.8. The Kier molecular flexibility index (Phi) is 3.78. The van der Waals surface area contributed by atoms with Crippen LogP contribution >= 0.6 is 11.3 Å². The summed E-state index contributed by atoms with van der Waals surface area (Å²) in [6, 6.07) is 6.96. The Morgan fingerprint density at radius 2 is 2.22 bits per heavy atom. The summed E-state index contributed by atoms with van der Waals surface area (Å²) in [4.78, 5) is 12.4. The molecule has 0 aliphatic carbocycles. The number of hydrogen-bond acceptors (Lipinski definition) is 5. The molecule has 0 amide bonds. The van der Waals surface area contributed by atoms with E-state index in [0.717, 1.165) is 11.4 Å². The van der Waals surface area contributed by atoms with Crippen LogP contribution in [0.2, 0.25) is 0 Å². The molecule has 0 saturated heterocycles. The van der Waals surface area contributed by atoms with E-state index in [9.17, 15) is 10.1 Å². The number of furan rings is 1. The monoisotopic (exact) mass is 266 g/mol. The van der Waals surface area contributed by atoms with Gasteiger partial charge in [-0.1, -0.05) is 6.92 Å². The third-order valence-corrected chi connectivity index (χ3v) is 3.60. The van der Waals surface area contributed by atoms with Crippen molar-refractivity contribution in [3.63, 3.8) is 0 Å². The average molecular weight is 266 g/mol. The number of nitrogens with zero attached hydrogens (tertiary/aromatic N) is 1. The summed E-state index contributed by atoms with van der Waals surface area (Å²) in [5, 5.41) is 13.9. The van der Waals surface area contributed by atoms with Gasteiger partial charge < -0.3 is 9.73 Å². The molecule has 1 unspecified atom stereocenters. The molecule has 6 heteroatoms. The van der Waals surface area contributed by atoms with Crippen molar-refractivity contribution in [2.75, 3.05) is 6.54 Å². The van der Waals surface area contributed by atoms with E-state index in [2.05, 4.69) is 5.32 Å². The summed E-state index contributed by atoms with van der Waals surface area (Å²) in [7, 11) is 0. The zero-order valence-corrected chi connectivity index (χ0v) is 11.0. The molecule has 2 rings (SSSR count). The van der Waals surface area contributed by atoms with Crippen molar-refractivity contribution in [1.82, 2.24) is 5.32 Å². The molecule has 18 heavy (non-hydrogen) atoms. The van der Waals surface area contributed by atoms with Gasteiger partial charge in [0.05, 0.1) is 6.07 Å². The van der Waals surface area contributed by atoms with Gasteiger partial charge >= 0.3 is 5.88 Å². The zero-order chi connectivity index (χ0) is 13.1. The van der Waals surface area contributed by atoms with E-state index in [-0.39, 0.29) is 11.9 Å². The summed E-state index contributed by atoms with van der Waals surface area (Å²) in [6.45, 7) is 4.78. The van der Waals surface area contributed by atoms with E-state index >= 15 is 0 Å². The summed E-state index contributed by atoms with van der Waals surface area (Å²) in [6.07, 6.45) is 0. The number of rotatable bonds is 5. The van der Waals surface area contributed by atoms with Gasteiger partial charge in [0.2, 0.25) is 0 Å². The molecule has 5 nitrogen and oxygen atoms in total. The van der Waals surface area contributed by atoms with Crippen LogP contribution in [0.3, 0.4) is 0 Å². The topological polar surface area (TPSA) is 68.3 Å². The largest absolute Gasteiger partial charge is 0.433 e. The molecule has 96 valence electrons. The molecule has 2 aromatic rings. The number of hydrogen-bond donors (Lipinski definition) is 1. The Bertz CT molecular complexity index is 547. The number of nitro groups is 1. The molecule has 0 fully saturated rings. The van der Waals surface area contributed by atoms with Crippen molar-refractivity contribution >= 4 is 17.2 Å². The minimum atomic E-state index is -0.522. The van der Waals surface area contributed by atoms with E-state index in [1.807, 2.05) is 26.0 Å². The minimum Gasteiger partial charge on any atom is -0.404 e. The maximum absolute atomic E-state index is 10.6. The predicted molar refractivity (Wildman–Crippen MR) is 69.9 cm³/mol. The highest BCUT2D eigenvalue weighted by molar-refractivity contribution is 7.12. The van der Waals surface area contributed by atoms with Crippen LogP contribution in [0.4, 0.5) is 5.88 Å². The average Bonchev–Trinajstić information content (AvgIpc) is 2.94. The van der Waals surface area contributed by atoms with Crippen LogP contribution in [0.5, 0.6) is 0 Å². The zero-order valence-electron chi connectivity index (χ0n) is 10.2. The molecular weight excluding hydrogens is 252 g/mol.